The number of anilines is 1. The van der Waals surface area contributed by atoms with Crippen LogP contribution in [0.4, 0.5) is 14.5 Å². The van der Waals surface area contributed by atoms with Crippen LogP contribution in [-0.2, 0) is 5.60 Å². The van der Waals surface area contributed by atoms with Crippen molar-refractivity contribution >= 4 is 16.6 Å². The fourth-order valence-electron chi connectivity index (χ4n) is 3.53. The average molecular weight is 408 g/mol. The molecule has 0 spiro atoms. The van der Waals surface area contributed by atoms with E-state index in [4.69, 9.17) is 5.73 Å². The van der Waals surface area contributed by atoms with Gasteiger partial charge in [0.2, 0.25) is 6.30 Å². The lowest BCUT2D eigenvalue weighted by Gasteiger charge is -2.36. The number of fused-ring (bicyclic) bond motifs is 1. The minimum absolute atomic E-state index is 0.0912. The molecule has 0 aliphatic carbocycles. The van der Waals surface area contributed by atoms with Crippen molar-refractivity contribution in [2.24, 2.45) is 5.73 Å². The second kappa shape index (κ2) is 7.85. The number of rotatable bonds is 6. The van der Waals surface area contributed by atoms with Crippen LogP contribution in [-0.4, -0.2) is 27.9 Å². The Labute approximate surface area is 173 Å². The Morgan fingerprint density at radius 2 is 1.80 bits per heavy atom. The van der Waals surface area contributed by atoms with Crippen molar-refractivity contribution in [3.05, 3.63) is 90.4 Å². The van der Waals surface area contributed by atoms with Gasteiger partial charge < -0.3 is 15.7 Å². The summed E-state index contributed by atoms with van der Waals surface area (Å²) in [6.07, 6.45) is -0.141. The molecule has 1 heterocycles. The van der Waals surface area contributed by atoms with E-state index in [1.54, 1.807) is 65.5 Å². The van der Waals surface area contributed by atoms with E-state index in [1.807, 2.05) is 6.07 Å². The first-order valence-corrected chi connectivity index (χ1v) is 9.54. The van der Waals surface area contributed by atoms with Gasteiger partial charge in [-0.3, -0.25) is 0 Å². The molecule has 154 valence electrons. The molecule has 0 saturated heterocycles. The normalized spacial score (nSPS) is 14.4. The third kappa shape index (κ3) is 3.53. The standard InChI is InChI=1S/C23H22F2N4O/c1-23(30,22(25)28(15-26)19-5-3-2-4-6-19)17-7-12-21-16(13-17)14-27-29(21)20-10-8-18(24)9-11-20/h2-14,22,30H,15,26H2,1H3. The summed E-state index contributed by atoms with van der Waals surface area (Å²) in [5, 5.41) is 16.2. The van der Waals surface area contributed by atoms with Gasteiger partial charge in [-0.1, -0.05) is 24.3 Å². The SMILES string of the molecule is CC(O)(c1ccc2c(cnn2-c2ccc(F)cc2)c1)C(F)N(CN)c1ccccc1. The highest BCUT2D eigenvalue weighted by Gasteiger charge is 2.38. The zero-order valence-electron chi connectivity index (χ0n) is 16.4. The number of aromatic nitrogens is 2. The molecule has 2 atom stereocenters. The average Bonchev–Trinajstić information content (AvgIpc) is 3.19. The number of halogens is 2. The summed E-state index contributed by atoms with van der Waals surface area (Å²) >= 11 is 0. The third-order valence-electron chi connectivity index (χ3n) is 5.25. The van der Waals surface area contributed by atoms with Crippen LogP contribution in [0.2, 0.25) is 0 Å². The van der Waals surface area contributed by atoms with Crippen LogP contribution in [0.25, 0.3) is 16.6 Å². The molecule has 4 rings (SSSR count). The van der Waals surface area contributed by atoms with Gasteiger partial charge in [-0.05, 0) is 61.0 Å². The van der Waals surface area contributed by atoms with E-state index in [1.165, 1.54) is 24.0 Å². The molecule has 2 unspecified atom stereocenters. The van der Waals surface area contributed by atoms with E-state index < -0.39 is 11.9 Å². The Balaban J connectivity index is 1.69. The highest BCUT2D eigenvalue weighted by atomic mass is 19.1. The number of para-hydroxylation sites is 1. The smallest absolute Gasteiger partial charge is 0.206 e. The molecule has 3 aromatic carbocycles. The molecular formula is C23H22F2N4O. The lowest BCUT2D eigenvalue weighted by molar-refractivity contribution is -0.0253. The van der Waals surface area contributed by atoms with Crippen molar-refractivity contribution in [3.63, 3.8) is 0 Å². The second-order valence-corrected chi connectivity index (χ2v) is 7.28. The van der Waals surface area contributed by atoms with Gasteiger partial charge in [0.1, 0.15) is 11.4 Å². The van der Waals surface area contributed by atoms with Crippen molar-refractivity contribution in [1.82, 2.24) is 9.78 Å². The highest BCUT2D eigenvalue weighted by molar-refractivity contribution is 5.81. The quantitative estimate of drug-likeness (QED) is 0.373. The monoisotopic (exact) mass is 408 g/mol. The lowest BCUT2D eigenvalue weighted by Crippen LogP contribution is -2.49. The summed E-state index contributed by atoms with van der Waals surface area (Å²) in [4.78, 5) is 1.31. The number of hydrogen-bond acceptors (Lipinski definition) is 4. The van der Waals surface area contributed by atoms with Crippen LogP contribution in [0.15, 0.2) is 79.0 Å². The predicted molar refractivity (Wildman–Crippen MR) is 113 cm³/mol. The van der Waals surface area contributed by atoms with Gasteiger partial charge in [0, 0.05) is 11.1 Å². The van der Waals surface area contributed by atoms with Crippen LogP contribution >= 0.6 is 0 Å². The van der Waals surface area contributed by atoms with Crippen LogP contribution in [0, 0.1) is 5.82 Å². The third-order valence-corrected chi connectivity index (χ3v) is 5.25. The van der Waals surface area contributed by atoms with Crippen LogP contribution in [0.3, 0.4) is 0 Å². The van der Waals surface area contributed by atoms with E-state index >= 15 is 4.39 Å². The molecule has 3 N–H and O–H groups in total. The van der Waals surface area contributed by atoms with E-state index in [9.17, 15) is 9.50 Å². The van der Waals surface area contributed by atoms with Crippen LogP contribution < -0.4 is 10.6 Å². The molecule has 0 aliphatic heterocycles. The predicted octanol–water partition coefficient (Wildman–Crippen LogP) is 4.09. The fraction of sp³-hybridized carbons (Fsp3) is 0.174. The summed E-state index contributed by atoms with van der Waals surface area (Å²) in [5.41, 5.74) is 6.41. The maximum atomic E-state index is 15.5. The molecule has 30 heavy (non-hydrogen) atoms. The van der Waals surface area contributed by atoms with Crippen molar-refractivity contribution in [3.8, 4) is 5.69 Å². The largest absolute Gasteiger partial charge is 0.380 e. The first-order chi connectivity index (χ1) is 14.4. The number of hydrogen-bond donors (Lipinski definition) is 2. The summed E-state index contributed by atoms with van der Waals surface area (Å²) in [6, 6.07) is 20.0. The fourth-order valence-corrected chi connectivity index (χ4v) is 3.53. The van der Waals surface area contributed by atoms with Crippen LogP contribution in [0.5, 0.6) is 0 Å². The molecular weight excluding hydrogens is 386 g/mol. The number of alkyl halides is 1. The van der Waals surface area contributed by atoms with Gasteiger partial charge >= 0.3 is 0 Å². The molecule has 0 radical (unpaired) electrons. The molecule has 0 bridgehead atoms. The van der Waals surface area contributed by atoms with Gasteiger partial charge in [-0.15, -0.1) is 0 Å². The molecule has 7 heteroatoms. The Bertz CT molecular complexity index is 1140. The topological polar surface area (TPSA) is 67.3 Å². The molecule has 4 aromatic rings. The summed E-state index contributed by atoms with van der Waals surface area (Å²) < 4.78 is 30.3. The maximum Gasteiger partial charge on any atom is 0.206 e. The Morgan fingerprint density at radius 3 is 2.47 bits per heavy atom. The molecule has 0 aliphatic rings. The van der Waals surface area contributed by atoms with Gasteiger partial charge in [0.25, 0.3) is 0 Å². The minimum atomic E-state index is -1.82. The maximum absolute atomic E-state index is 15.5. The molecule has 0 saturated carbocycles. The first kappa shape index (κ1) is 20.0. The molecule has 5 nitrogen and oxygen atoms in total. The lowest BCUT2D eigenvalue weighted by atomic mass is 9.93. The summed E-state index contributed by atoms with van der Waals surface area (Å²) in [5.74, 6) is -0.328. The zero-order valence-corrected chi connectivity index (χ0v) is 16.4. The van der Waals surface area contributed by atoms with E-state index in [0.717, 1.165) is 10.9 Å². The highest BCUT2D eigenvalue weighted by Crippen LogP contribution is 2.33. The summed E-state index contributed by atoms with van der Waals surface area (Å²) in [7, 11) is 0. The van der Waals surface area contributed by atoms with E-state index in [-0.39, 0.29) is 12.5 Å². The van der Waals surface area contributed by atoms with Gasteiger partial charge in [0.15, 0.2) is 0 Å². The molecule has 1 aromatic heterocycles. The minimum Gasteiger partial charge on any atom is -0.380 e. The zero-order chi connectivity index (χ0) is 21.3. The van der Waals surface area contributed by atoms with Gasteiger partial charge in [-0.25, -0.2) is 13.5 Å². The van der Waals surface area contributed by atoms with E-state index in [0.29, 0.717) is 16.9 Å². The van der Waals surface area contributed by atoms with Crippen molar-refractivity contribution in [2.45, 2.75) is 18.8 Å². The van der Waals surface area contributed by atoms with Gasteiger partial charge in [0.05, 0.1) is 24.1 Å². The molecule has 0 fully saturated rings. The Hall–Kier alpha value is -3.29. The second-order valence-electron chi connectivity index (χ2n) is 7.28. The Morgan fingerprint density at radius 1 is 1.10 bits per heavy atom. The number of benzene rings is 3. The Kier molecular flexibility index (Phi) is 5.24. The molecule has 0 amide bonds. The van der Waals surface area contributed by atoms with Gasteiger partial charge in [-0.2, -0.15) is 5.10 Å². The number of aliphatic hydroxyl groups is 1. The number of nitrogens with zero attached hydrogens (tertiary/aromatic N) is 3. The number of nitrogens with two attached hydrogens (primary N) is 1. The van der Waals surface area contributed by atoms with Crippen molar-refractivity contribution in [1.29, 1.82) is 0 Å². The van der Waals surface area contributed by atoms with Crippen molar-refractivity contribution < 1.29 is 13.9 Å². The summed E-state index contributed by atoms with van der Waals surface area (Å²) in [6.45, 7) is 1.33. The first-order valence-electron chi connectivity index (χ1n) is 9.54. The van der Waals surface area contributed by atoms with Crippen molar-refractivity contribution in [2.75, 3.05) is 11.6 Å². The van der Waals surface area contributed by atoms with Crippen LogP contribution in [0.1, 0.15) is 12.5 Å². The van der Waals surface area contributed by atoms with E-state index in [2.05, 4.69) is 5.10 Å².